The lowest BCUT2D eigenvalue weighted by molar-refractivity contribution is -0.135. The Morgan fingerprint density at radius 2 is 1.90 bits per heavy atom. The van der Waals surface area contributed by atoms with Gasteiger partial charge in [0.25, 0.3) is 0 Å². The summed E-state index contributed by atoms with van der Waals surface area (Å²) in [6, 6.07) is 15.2. The molecule has 6 heteroatoms. The highest BCUT2D eigenvalue weighted by Crippen LogP contribution is 2.22. The molecule has 2 heterocycles. The lowest BCUT2D eigenvalue weighted by atomic mass is 10.1. The van der Waals surface area contributed by atoms with Gasteiger partial charge in [0.2, 0.25) is 5.91 Å². The molecule has 0 saturated carbocycles. The van der Waals surface area contributed by atoms with Crippen LogP contribution in [0.3, 0.4) is 0 Å². The Balaban J connectivity index is 1.61. The van der Waals surface area contributed by atoms with Gasteiger partial charge in [-0.3, -0.25) is 14.6 Å². The maximum atomic E-state index is 12.7. The fraction of sp³-hybridized carbons (Fsp3) is 0.261. The van der Waals surface area contributed by atoms with Crippen molar-refractivity contribution < 1.29 is 14.3 Å². The van der Waals surface area contributed by atoms with Crippen LogP contribution in [-0.2, 0) is 16.1 Å². The Labute approximate surface area is 169 Å². The Morgan fingerprint density at radius 3 is 2.69 bits per heavy atom. The Hall–Kier alpha value is -3.25. The number of rotatable bonds is 5. The number of amides is 1. The van der Waals surface area contributed by atoms with E-state index in [0.29, 0.717) is 31.9 Å². The first kappa shape index (κ1) is 19.1. The van der Waals surface area contributed by atoms with Crippen molar-refractivity contribution in [2.45, 2.75) is 13.5 Å². The van der Waals surface area contributed by atoms with Gasteiger partial charge in [0.15, 0.2) is 5.78 Å². The summed E-state index contributed by atoms with van der Waals surface area (Å²) < 4.78 is 7.31. The van der Waals surface area contributed by atoms with Crippen LogP contribution in [0.4, 0.5) is 5.69 Å². The van der Waals surface area contributed by atoms with Crippen molar-refractivity contribution in [3.05, 3.63) is 65.9 Å². The summed E-state index contributed by atoms with van der Waals surface area (Å²) in [6.07, 6.45) is 3.75. The highest BCUT2D eigenvalue weighted by atomic mass is 16.5. The van der Waals surface area contributed by atoms with Gasteiger partial charge in [-0.2, -0.15) is 0 Å². The van der Waals surface area contributed by atoms with Gasteiger partial charge < -0.3 is 14.2 Å². The summed E-state index contributed by atoms with van der Waals surface area (Å²) in [5, 5.41) is 1.04. The van der Waals surface area contributed by atoms with E-state index in [-0.39, 0.29) is 18.2 Å². The van der Waals surface area contributed by atoms with Gasteiger partial charge >= 0.3 is 0 Å². The minimum absolute atomic E-state index is 0.0141. The van der Waals surface area contributed by atoms with E-state index < -0.39 is 0 Å². The molecule has 0 spiro atoms. The third-order valence-corrected chi connectivity index (χ3v) is 5.09. The van der Waals surface area contributed by atoms with Crippen LogP contribution in [0.2, 0.25) is 0 Å². The number of aromatic nitrogens is 1. The van der Waals surface area contributed by atoms with Gasteiger partial charge in [0.05, 0.1) is 18.9 Å². The van der Waals surface area contributed by atoms with Gasteiger partial charge in [-0.15, -0.1) is 0 Å². The minimum atomic E-state index is 0.0141. The lowest BCUT2D eigenvalue weighted by Gasteiger charge is -2.27. The van der Waals surface area contributed by atoms with Crippen molar-refractivity contribution in [2.75, 3.05) is 26.3 Å². The van der Waals surface area contributed by atoms with Crippen LogP contribution in [0.5, 0.6) is 0 Å². The average molecular weight is 389 g/mol. The van der Waals surface area contributed by atoms with Crippen molar-refractivity contribution in [1.82, 2.24) is 9.47 Å². The number of nitrogens with zero attached hydrogens (tertiary/aromatic N) is 3. The third-order valence-electron chi connectivity index (χ3n) is 5.09. The van der Waals surface area contributed by atoms with Crippen molar-refractivity contribution >= 4 is 34.5 Å². The quantitative estimate of drug-likeness (QED) is 0.496. The predicted octanol–water partition coefficient (Wildman–Crippen LogP) is 3.45. The zero-order valence-corrected chi connectivity index (χ0v) is 16.4. The second-order valence-corrected chi connectivity index (χ2v) is 7.09. The van der Waals surface area contributed by atoms with Crippen LogP contribution < -0.4 is 0 Å². The molecule has 1 amide bonds. The highest BCUT2D eigenvalue weighted by Gasteiger charge is 2.18. The largest absolute Gasteiger partial charge is 0.378 e. The topological polar surface area (TPSA) is 63.9 Å². The number of fused-ring (bicyclic) bond motifs is 1. The van der Waals surface area contributed by atoms with E-state index in [0.717, 1.165) is 22.2 Å². The normalized spacial score (nSPS) is 14.6. The number of carbonyl (C=O) groups is 2. The molecule has 6 nitrogen and oxygen atoms in total. The molecule has 1 aromatic heterocycles. The molecule has 0 radical (unpaired) electrons. The summed E-state index contributed by atoms with van der Waals surface area (Å²) in [6.45, 7) is 4.29. The van der Waals surface area contributed by atoms with E-state index in [1.807, 2.05) is 52.1 Å². The number of morpholine rings is 1. The fourth-order valence-corrected chi connectivity index (χ4v) is 3.52. The number of ketones is 1. The Bertz CT molecular complexity index is 1080. The summed E-state index contributed by atoms with van der Waals surface area (Å²) >= 11 is 0. The van der Waals surface area contributed by atoms with Crippen LogP contribution in [0.1, 0.15) is 22.8 Å². The Morgan fingerprint density at radius 1 is 1.10 bits per heavy atom. The fourth-order valence-electron chi connectivity index (χ4n) is 3.52. The van der Waals surface area contributed by atoms with Crippen molar-refractivity contribution in [3.63, 3.8) is 0 Å². The van der Waals surface area contributed by atoms with E-state index in [1.165, 1.54) is 0 Å². The summed E-state index contributed by atoms with van der Waals surface area (Å²) in [7, 11) is 0. The zero-order chi connectivity index (χ0) is 20.2. The molecule has 148 valence electrons. The van der Waals surface area contributed by atoms with Crippen LogP contribution in [0.15, 0.2) is 59.7 Å². The second kappa shape index (κ2) is 8.41. The average Bonchev–Trinajstić information content (AvgIpc) is 3.10. The molecular weight excluding hydrogens is 366 g/mol. The molecule has 0 atom stereocenters. The first-order valence-electron chi connectivity index (χ1n) is 9.70. The Kier molecular flexibility index (Phi) is 5.53. The molecule has 4 rings (SSSR count). The SMILES string of the molecule is CC(=O)c1cccc(N=Cc2cn(CC(=O)N3CCOCC3)c3ccccc23)c1. The summed E-state index contributed by atoms with van der Waals surface area (Å²) in [5.74, 6) is 0.104. The van der Waals surface area contributed by atoms with Gasteiger partial charge in [-0.1, -0.05) is 30.3 Å². The second-order valence-electron chi connectivity index (χ2n) is 7.09. The van der Waals surface area contributed by atoms with Crippen molar-refractivity contribution in [1.29, 1.82) is 0 Å². The van der Waals surface area contributed by atoms with E-state index in [2.05, 4.69) is 4.99 Å². The maximum Gasteiger partial charge on any atom is 0.242 e. The van der Waals surface area contributed by atoms with Crippen LogP contribution in [-0.4, -0.2) is 53.7 Å². The maximum absolute atomic E-state index is 12.7. The zero-order valence-electron chi connectivity index (χ0n) is 16.4. The van der Waals surface area contributed by atoms with Gasteiger partial charge in [-0.05, 0) is 25.1 Å². The molecule has 1 saturated heterocycles. The summed E-state index contributed by atoms with van der Waals surface area (Å²) in [4.78, 5) is 30.7. The molecule has 0 N–H and O–H groups in total. The number of hydrogen-bond acceptors (Lipinski definition) is 4. The summed E-state index contributed by atoms with van der Waals surface area (Å²) in [5.41, 5.74) is 3.29. The molecule has 3 aromatic rings. The first-order chi connectivity index (χ1) is 14.1. The highest BCUT2D eigenvalue weighted by molar-refractivity contribution is 6.01. The van der Waals surface area contributed by atoms with Gasteiger partial charge in [0.1, 0.15) is 6.54 Å². The number of para-hydroxylation sites is 1. The van der Waals surface area contributed by atoms with Crippen LogP contribution in [0.25, 0.3) is 10.9 Å². The van der Waals surface area contributed by atoms with Gasteiger partial charge in [-0.25, -0.2) is 0 Å². The van der Waals surface area contributed by atoms with Crippen LogP contribution in [0, 0.1) is 0 Å². The third kappa shape index (κ3) is 4.27. The number of benzene rings is 2. The standard InChI is InChI=1S/C23H23N3O3/c1-17(27)18-5-4-6-20(13-18)24-14-19-15-26(22-8-3-2-7-21(19)22)16-23(28)25-9-11-29-12-10-25/h2-8,13-15H,9-12,16H2,1H3. The predicted molar refractivity (Wildman–Crippen MR) is 113 cm³/mol. The molecule has 0 aliphatic carbocycles. The molecule has 29 heavy (non-hydrogen) atoms. The first-order valence-corrected chi connectivity index (χ1v) is 9.70. The number of carbonyl (C=O) groups excluding carboxylic acids is 2. The van der Waals surface area contributed by atoms with Gasteiger partial charge in [0, 0.05) is 47.5 Å². The minimum Gasteiger partial charge on any atom is -0.378 e. The smallest absolute Gasteiger partial charge is 0.242 e. The lowest BCUT2D eigenvalue weighted by Crippen LogP contribution is -2.42. The van der Waals surface area contributed by atoms with E-state index >= 15 is 0 Å². The number of ether oxygens (including phenoxy) is 1. The van der Waals surface area contributed by atoms with E-state index in [9.17, 15) is 9.59 Å². The van der Waals surface area contributed by atoms with Crippen molar-refractivity contribution in [2.24, 2.45) is 4.99 Å². The molecule has 1 aliphatic rings. The molecule has 0 bridgehead atoms. The molecule has 1 fully saturated rings. The monoisotopic (exact) mass is 389 g/mol. The van der Waals surface area contributed by atoms with E-state index in [1.54, 1.807) is 25.3 Å². The van der Waals surface area contributed by atoms with Crippen molar-refractivity contribution in [3.8, 4) is 0 Å². The molecular formula is C23H23N3O3. The number of Topliss-reactive ketones (excluding diaryl/α,β-unsaturated/α-hetero) is 1. The molecule has 2 aromatic carbocycles. The molecule has 0 unspecified atom stereocenters. The number of aliphatic imine (C=N–C) groups is 1. The number of hydrogen-bond donors (Lipinski definition) is 0. The van der Waals surface area contributed by atoms with E-state index in [4.69, 9.17) is 4.74 Å². The molecule has 1 aliphatic heterocycles. The van der Waals surface area contributed by atoms with Crippen LogP contribution >= 0.6 is 0 Å².